The number of aromatic carboxylic acids is 1. The molecule has 6 heteroatoms. The second kappa shape index (κ2) is 7.21. The Kier molecular flexibility index (Phi) is 5.91. The molecule has 0 aromatic heterocycles. The van der Waals surface area contributed by atoms with E-state index in [4.69, 9.17) is 9.53 Å². The zero-order valence-electron chi connectivity index (χ0n) is 12.1. The number of carboxylic acids is 1. The van der Waals surface area contributed by atoms with E-state index in [9.17, 15) is 9.59 Å². The fourth-order valence-electron chi connectivity index (χ4n) is 1.78. The van der Waals surface area contributed by atoms with E-state index in [0.29, 0.717) is 6.54 Å². The third kappa shape index (κ3) is 4.79. The normalized spacial score (nSPS) is 11.2. The van der Waals surface area contributed by atoms with Crippen LogP contribution in [-0.4, -0.2) is 39.0 Å². The number of carbonyl (C=O) groups excluding carboxylic acids is 1. The summed E-state index contributed by atoms with van der Waals surface area (Å²) in [4.78, 5) is 23.0. The van der Waals surface area contributed by atoms with Crippen LogP contribution < -0.4 is 5.32 Å². The van der Waals surface area contributed by atoms with Crippen LogP contribution in [0.1, 0.15) is 27.1 Å². The maximum atomic E-state index is 12.0. The number of carboxylic acid groups (broad SMARTS) is 1. The molecule has 0 aliphatic carbocycles. The number of amides is 1. The van der Waals surface area contributed by atoms with Crippen molar-refractivity contribution in [1.82, 2.24) is 5.32 Å². The maximum Gasteiger partial charge on any atom is 0.336 e. The predicted molar refractivity (Wildman–Crippen MR) is 79.6 cm³/mol. The van der Waals surface area contributed by atoms with Crippen molar-refractivity contribution in [1.29, 1.82) is 0 Å². The second-order valence-electron chi connectivity index (χ2n) is 5.17. The van der Waals surface area contributed by atoms with Gasteiger partial charge in [-0.05, 0) is 37.7 Å². The summed E-state index contributed by atoms with van der Waals surface area (Å²) in [5.74, 6) is -1.44. The maximum absolute atomic E-state index is 12.0. The number of carbonyl (C=O) groups is 2. The quantitative estimate of drug-likeness (QED) is 0.598. The highest BCUT2D eigenvalue weighted by molar-refractivity contribution is 6.71. The first-order chi connectivity index (χ1) is 9.37. The molecule has 1 aromatic carbocycles. The van der Waals surface area contributed by atoms with Gasteiger partial charge in [0.1, 0.15) is 0 Å². The van der Waals surface area contributed by atoms with Gasteiger partial charge in [0.15, 0.2) is 8.32 Å². The first-order valence-corrected chi connectivity index (χ1v) is 9.64. The molecular weight excluding hydrogens is 274 g/mol. The number of hydrogen-bond donors (Lipinski definition) is 2. The van der Waals surface area contributed by atoms with Crippen molar-refractivity contribution in [2.75, 3.05) is 13.7 Å². The molecule has 0 aliphatic heterocycles. The molecule has 2 N–H and O–H groups in total. The second-order valence-corrected chi connectivity index (χ2v) is 9.60. The van der Waals surface area contributed by atoms with E-state index in [1.807, 2.05) is 0 Å². The van der Waals surface area contributed by atoms with Gasteiger partial charge in [0, 0.05) is 13.7 Å². The van der Waals surface area contributed by atoms with Crippen molar-refractivity contribution in [3.05, 3.63) is 35.4 Å². The van der Waals surface area contributed by atoms with Crippen molar-refractivity contribution < 1.29 is 19.1 Å². The molecule has 0 aliphatic rings. The van der Waals surface area contributed by atoms with Gasteiger partial charge in [-0.15, -0.1) is 0 Å². The molecule has 0 unspecified atom stereocenters. The summed E-state index contributed by atoms with van der Waals surface area (Å²) in [7, 11) is 0.113. The molecule has 0 radical (unpaired) electrons. The minimum absolute atomic E-state index is 0.0246. The topological polar surface area (TPSA) is 75.6 Å². The van der Waals surface area contributed by atoms with E-state index in [1.165, 1.54) is 12.1 Å². The highest BCUT2D eigenvalue weighted by Crippen LogP contribution is 2.12. The Morgan fingerprint density at radius 2 is 1.85 bits per heavy atom. The summed E-state index contributed by atoms with van der Waals surface area (Å²) in [5.41, 5.74) is 0.222. The zero-order valence-corrected chi connectivity index (χ0v) is 13.1. The summed E-state index contributed by atoms with van der Waals surface area (Å²) in [5, 5.41) is 11.8. The fourth-order valence-corrected chi connectivity index (χ4v) is 3.01. The fraction of sp³-hybridized carbons (Fsp3) is 0.429. The molecule has 5 nitrogen and oxygen atoms in total. The molecule has 0 saturated carbocycles. The standard InChI is InChI=1S/C14H21NO4Si/c1-19-20(2,3)10-6-9-15-13(16)11-7-4-5-8-12(11)14(17)18/h4-5,7-8H,6,9-10H2,1-3H3,(H,15,16)(H,17,18). The van der Waals surface area contributed by atoms with Crippen LogP contribution in [0.25, 0.3) is 0 Å². The van der Waals surface area contributed by atoms with Crippen LogP contribution in [0.3, 0.4) is 0 Å². The summed E-state index contributed by atoms with van der Waals surface area (Å²) in [6, 6.07) is 7.16. The van der Waals surface area contributed by atoms with Crippen molar-refractivity contribution in [2.24, 2.45) is 0 Å². The molecule has 0 saturated heterocycles. The summed E-state index contributed by atoms with van der Waals surface area (Å²) in [6.45, 7) is 4.76. The van der Waals surface area contributed by atoms with Gasteiger partial charge in [-0.2, -0.15) is 0 Å². The van der Waals surface area contributed by atoms with Gasteiger partial charge in [0.05, 0.1) is 11.1 Å². The summed E-state index contributed by atoms with van der Waals surface area (Å²) >= 11 is 0. The average Bonchev–Trinajstić information content (AvgIpc) is 2.43. The molecule has 0 fully saturated rings. The van der Waals surface area contributed by atoms with Crippen molar-refractivity contribution in [2.45, 2.75) is 25.6 Å². The largest absolute Gasteiger partial charge is 0.478 e. The van der Waals surface area contributed by atoms with Crippen LogP contribution in [0.2, 0.25) is 19.1 Å². The average molecular weight is 295 g/mol. The SMILES string of the molecule is CO[Si](C)(C)CCCNC(=O)c1ccccc1C(=O)O. The lowest BCUT2D eigenvalue weighted by Gasteiger charge is -2.19. The molecule has 1 amide bonds. The van der Waals surface area contributed by atoms with Crippen molar-refractivity contribution >= 4 is 20.2 Å². The summed E-state index contributed by atoms with van der Waals surface area (Å²) < 4.78 is 5.43. The smallest absolute Gasteiger partial charge is 0.336 e. The van der Waals surface area contributed by atoms with E-state index >= 15 is 0 Å². The van der Waals surface area contributed by atoms with Gasteiger partial charge in [-0.3, -0.25) is 4.79 Å². The van der Waals surface area contributed by atoms with E-state index in [0.717, 1.165) is 12.5 Å². The lowest BCUT2D eigenvalue weighted by atomic mass is 10.1. The Hall–Kier alpha value is -1.66. The van der Waals surface area contributed by atoms with Gasteiger partial charge >= 0.3 is 5.97 Å². The minimum Gasteiger partial charge on any atom is -0.478 e. The molecule has 110 valence electrons. The van der Waals surface area contributed by atoms with Gasteiger partial charge in [-0.1, -0.05) is 12.1 Å². The number of nitrogens with one attached hydrogen (secondary N) is 1. The van der Waals surface area contributed by atoms with Crippen molar-refractivity contribution in [3.8, 4) is 0 Å². The monoisotopic (exact) mass is 295 g/mol. The first kappa shape index (κ1) is 16.4. The van der Waals surface area contributed by atoms with Gasteiger partial charge in [0.25, 0.3) is 5.91 Å². The molecule has 1 aromatic rings. The molecular formula is C14H21NO4Si. The van der Waals surface area contributed by atoms with Crippen LogP contribution in [0.15, 0.2) is 24.3 Å². The van der Waals surface area contributed by atoms with Crippen LogP contribution in [0.5, 0.6) is 0 Å². The lowest BCUT2D eigenvalue weighted by molar-refractivity contribution is 0.0691. The van der Waals surface area contributed by atoms with E-state index in [2.05, 4.69) is 18.4 Å². The Morgan fingerprint density at radius 3 is 2.40 bits per heavy atom. The van der Waals surface area contributed by atoms with Crippen LogP contribution in [-0.2, 0) is 4.43 Å². The molecule has 0 atom stereocenters. The number of rotatable bonds is 7. The number of hydrogen-bond acceptors (Lipinski definition) is 3. The van der Waals surface area contributed by atoms with Crippen LogP contribution in [0, 0.1) is 0 Å². The zero-order chi connectivity index (χ0) is 15.2. The van der Waals surface area contributed by atoms with Crippen molar-refractivity contribution in [3.63, 3.8) is 0 Å². The van der Waals surface area contributed by atoms with Crippen LogP contribution in [0.4, 0.5) is 0 Å². The number of benzene rings is 1. The Bertz CT molecular complexity index is 488. The van der Waals surface area contributed by atoms with E-state index < -0.39 is 14.3 Å². The third-order valence-electron chi connectivity index (χ3n) is 3.20. The molecule has 0 bridgehead atoms. The van der Waals surface area contributed by atoms with Gasteiger partial charge in [-0.25, -0.2) is 4.79 Å². The van der Waals surface area contributed by atoms with Gasteiger partial charge in [0.2, 0.25) is 0 Å². The molecule has 1 rings (SSSR count). The molecule has 20 heavy (non-hydrogen) atoms. The predicted octanol–water partition coefficient (Wildman–Crippen LogP) is 2.36. The molecule has 0 spiro atoms. The Morgan fingerprint density at radius 1 is 1.25 bits per heavy atom. The Labute approximate surface area is 120 Å². The van der Waals surface area contributed by atoms with Crippen LogP contribution >= 0.6 is 0 Å². The highest BCUT2D eigenvalue weighted by atomic mass is 28.4. The minimum atomic E-state index is -1.60. The lowest BCUT2D eigenvalue weighted by Crippen LogP contribution is -2.31. The first-order valence-electron chi connectivity index (χ1n) is 6.53. The third-order valence-corrected chi connectivity index (χ3v) is 5.86. The highest BCUT2D eigenvalue weighted by Gasteiger charge is 2.20. The van der Waals surface area contributed by atoms with E-state index in [-0.39, 0.29) is 17.0 Å². The molecule has 0 heterocycles. The Balaban J connectivity index is 2.54. The van der Waals surface area contributed by atoms with E-state index in [1.54, 1.807) is 19.2 Å². The summed E-state index contributed by atoms with van der Waals surface area (Å²) in [6.07, 6.45) is 0.827. The van der Waals surface area contributed by atoms with Gasteiger partial charge < -0.3 is 14.8 Å².